The van der Waals surface area contributed by atoms with E-state index in [1.807, 2.05) is 6.92 Å². The van der Waals surface area contributed by atoms with Crippen LogP contribution in [0.2, 0.25) is 0 Å². The molecule has 7 heteroatoms. The van der Waals surface area contributed by atoms with Gasteiger partial charge in [-0.1, -0.05) is 18.2 Å². The van der Waals surface area contributed by atoms with Crippen LogP contribution in [0, 0.1) is 17.0 Å². The van der Waals surface area contributed by atoms with Gasteiger partial charge in [0.15, 0.2) is 0 Å². The number of nitro groups is 1. The molecule has 2 rings (SSSR count). The normalized spacial score (nSPS) is 10.2. The first-order chi connectivity index (χ1) is 11.8. The Balaban J connectivity index is 1.97. The van der Waals surface area contributed by atoms with E-state index in [-0.39, 0.29) is 23.9 Å². The molecule has 0 aromatic heterocycles. The molecule has 0 saturated heterocycles. The van der Waals surface area contributed by atoms with E-state index >= 15 is 0 Å². The van der Waals surface area contributed by atoms with Gasteiger partial charge in [-0.05, 0) is 36.6 Å². The number of benzene rings is 2. The molecule has 7 nitrogen and oxygen atoms in total. The van der Waals surface area contributed by atoms with Gasteiger partial charge in [-0.2, -0.15) is 0 Å². The number of rotatable bonds is 6. The van der Waals surface area contributed by atoms with Crippen LogP contribution in [0.5, 0.6) is 0 Å². The summed E-state index contributed by atoms with van der Waals surface area (Å²) in [7, 11) is 0. The van der Waals surface area contributed by atoms with Crippen molar-refractivity contribution < 1.29 is 14.5 Å². The van der Waals surface area contributed by atoms with E-state index in [0.29, 0.717) is 17.8 Å². The maximum absolute atomic E-state index is 12.1. The first-order valence-corrected chi connectivity index (χ1v) is 7.76. The Labute approximate surface area is 145 Å². The first-order valence-electron chi connectivity index (χ1n) is 7.76. The van der Waals surface area contributed by atoms with Crippen LogP contribution in [-0.2, 0) is 16.0 Å². The second kappa shape index (κ2) is 8.05. The summed E-state index contributed by atoms with van der Waals surface area (Å²) in [5.74, 6) is -0.388. The molecular formula is C18H19N3O4. The SMILES string of the molecule is CC(=O)Nc1cc(NC(=O)CCc2cccc([N+](=O)[O-])c2)ccc1C. The quantitative estimate of drug-likeness (QED) is 0.621. The molecule has 2 N–H and O–H groups in total. The minimum atomic E-state index is -0.459. The van der Waals surface area contributed by atoms with E-state index in [2.05, 4.69) is 10.6 Å². The fourth-order valence-electron chi connectivity index (χ4n) is 2.33. The van der Waals surface area contributed by atoms with E-state index in [1.165, 1.54) is 19.1 Å². The number of carbonyl (C=O) groups is 2. The lowest BCUT2D eigenvalue weighted by Crippen LogP contribution is -2.13. The number of nitrogens with one attached hydrogen (secondary N) is 2. The smallest absolute Gasteiger partial charge is 0.269 e. The van der Waals surface area contributed by atoms with Gasteiger partial charge in [0.1, 0.15) is 0 Å². The van der Waals surface area contributed by atoms with Gasteiger partial charge in [0, 0.05) is 36.9 Å². The summed E-state index contributed by atoms with van der Waals surface area (Å²) in [6, 6.07) is 11.5. The van der Waals surface area contributed by atoms with Crippen LogP contribution in [0.1, 0.15) is 24.5 Å². The zero-order valence-electron chi connectivity index (χ0n) is 14.0. The maximum atomic E-state index is 12.1. The number of nitrogens with zero attached hydrogens (tertiary/aromatic N) is 1. The molecule has 0 aliphatic carbocycles. The lowest BCUT2D eigenvalue weighted by Gasteiger charge is -2.10. The van der Waals surface area contributed by atoms with Crippen molar-refractivity contribution in [3.05, 3.63) is 63.7 Å². The Morgan fingerprint density at radius 1 is 1.12 bits per heavy atom. The van der Waals surface area contributed by atoms with Gasteiger partial charge in [-0.25, -0.2) is 0 Å². The van der Waals surface area contributed by atoms with Gasteiger partial charge in [-0.15, -0.1) is 0 Å². The predicted molar refractivity (Wildman–Crippen MR) is 95.5 cm³/mol. The lowest BCUT2D eigenvalue weighted by molar-refractivity contribution is -0.384. The van der Waals surface area contributed by atoms with Gasteiger partial charge >= 0.3 is 0 Å². The van der Waals surface area contributed by atoms with E-state index < -0.39 is 4.92 Å². The van der Waals surface area contributed by atoms with Crippen LogP contribution >= 0.6 is 0 Å². The summed E-state index contributed by atoms with van der Waals surface area (Å²) in [6.45, 7) is 3.28. The van der Waals surface area contributed by atoms with E-state index in [1.54, 1.807) is 30.3 Å². The second-order valence-corrected chi connectivity index (χ2v) is 5.69. The fraction of sp³-hybridized carbons (Fsp3) is 0.222. The predicted octanol–water partition coefficient (Wildman–Crippen LogP) is 3.43. The number of carbonyl (C=O) groups excluding carboxylic acids is 2. The lowest BCUT2D eigenvalue weighted by atomic mass is 10.1. The summed E-state index contributed by atoms with van der Waals surface area (Å²) < 4.78 is 0. The van der Waals surface area contributed by atoms with Crippen molar-refractivity contribution in [3.8, 4) is 0 Å². The molecule has 25 heavy (non-hydrogen) atoms. The van der Waals surface area contributed by atoms with Crippen LogP contribution in [-0.4, -0.2) is 16.7 Å². The molecule has 0 unspecified atom stereocenters. The fourth-order valence-corrected chi connectivity index (χ4v) is 2.33. The first kappa shape index (κ1) is 18.1. The van der Waals surface area contributed by atoms with Crippen LogP contribution in [0.3, 0.4) is 0 Å². The van der Waals surface area contributed by atoms with Crippen molar-refractivity contribution in [1.82, 2.24) is 0 Å². The van der Waals surface area contributed by atoms with E-state index in [4.69, 9.17) is 0 Å². The summed E-state index contributed by atoms with van der Waals surface area (Å²) in [6.07, 6.45) is 0.600. The van der Waals surface area contributed by atoms with Gasteiger partial charge in [-0.3, -0.25) is 19.7 Å². The molecule has 2 aromatic rings. The number of amides is 2. The van der Waals surface area contributed by atoms with Crippen molar-refractivity contribution in [2.45, 2.75) is 26.7 Å². The summed E-state index contributed by atoms with van der Waals surface area (Å²) in [5.41, 5.74) is 2.86. The molecule has 0 bridgehead atoms. The molecule has 0 atom stereocenters. The molecule has 130 valence electrons. The standard InChI is InChI=1S/C18H19N3O4/c1-12-6-8-15(11-17(12)19-13(2)22)20-18(23)9-7-14-4-3-5-16(10-14)21(24)25/h3-6,8,10-11H,7,9H2,1-2H3,(H,19,22)(H,20,23). The third-order valence-corrected chi connectivity index (χ3v) is 3.59. The summed E-state index contributed by atoms with van der Waals surface area (Å²) in [5, 5.41) is 16.2. The van der Waals surface area contributed by atoms with Gasteiger partial charge in [0.2, 0.25) is 11.8 Å². The zero-order chi connectivity index (χ0) is 18.4. The third kappa shape index (κ3) is 5.42. The average molecular weight is 341 g/mol. The minimum absolute atomic E-state index is 0.0105. The van der Waals surface area contributed by atoms with Crippen molar-refractivity contribution in [3.63, 3.8) is 0 Å². The Morgan fingerprint density at radius 2 is 1.88 bits per heavy atom. The van der Waals surface area contributed by atoms with Crippen molar-refractivity contribution in [2.24, 2.45) is 0 Å². The number of anilines is 2. The van der Waals surface area contributed by atoms with Crippen LogP contribution in [0.25, 0.3) is 0 Å². The number of non-ortho nitro benzene ring substituents is 1. The topological polar surface area (TPSA) is 101 Å². The van der Waals surface area contributed by atoms with Crippen LogP contribution in [0.15, 0.2) is 42.5 Å². The van der Waals surface area contributed by atoms with Crippen molar-refractivity contribution in [2.75, 3.05) is 10.6 Å². The van der Waals surface area contributed by atoms with Gasteiger partial charge < -0.3 is 10.6 Å². The zero-order valence-corrected chi connectivity index (χ0v) is 14.0. The van der Waals surface area contributed by atoms with E-state index in [0.717, 1.165) is 11.1 Å². The Kier molecular flexibility index (Phi) is 5.84. The Hall–Kier alpha value is -3.22. The van der Waals surface area contributed by atoms with Crippen molar-refractivity contribution in [1.29, 1.82) is 0 Å². The summed E-state index contributed by atoms with van der Waals surface area (Å²) >= 11 is 0. The number of hydrogen-bond donors (Lipinski definition) is 2. The van der Waals surface area contributed by atoms with Crippen LogP contribution < -0.4 is 10.6 Å². The largest absolute Gasteiger partial charge is 0.326 e. The molecule has 0 spiro atoms. The molecule has 0 fully saturated rings. The molecular weight excluding hydrogens is 322 g/mol. The molecule has 0 heterocycles. The Morgan fingerprint density at radius 3 is 2.56 bits per heavy atom. The highest BCUT2D eigenvalue weighted by molar-refractivity contribution is 5.94. The van der Waals surface area contributed by atoms with E-state index in [9.17, 15) is 19.7 Å². The minimum Gasteiger partial charge on any atom is -0.326 e. The highest BCUT2D eigenvalue weighted by Gasteiger charge is 2.09. The van der Waals surface area contributed by atoms with Crippen molar-refractivity contribution >= 4 is 28.9 Å². The number of hydrogen-bond acceptors (Lipinski definition) is 4. The molecule has 2 amide bonds. The molecule has 0 saturated carbocycles. The molecule has 2 aromatic carbocycles. The number of aryl methyl sites for hydroxylation is 2. The third-order valence-electron chi connectivity index (χ3n) is 3.59. The molecule has 0 radical (unpaired) electrons. The summed E-state index contributed by atoms with van der Waals surface area (Å²) in [4.78, 5) is 33.6. The highest BCUT2D eigenvalue weighted by atomic mass is 16.6. The average Bonchev–Trinajstić information content (AvgIpc) is 2.56. The molecule has 0 aliphatic rings. The maximum Gasteiger partial charge on any atom is 0.269 e. The monoisotopic (exact) mass is 341 g/mol. The van der Waals surface area contributed by atoms with Gasteiger partial charge in [0.25, 0.3) is 5.69 Å². The Bertz CT molecular complexity index is 818. The van der Waals surface area contributed by atoms with Gasteiger partial charge in [0.05, 0.1) is 4.92 Å². The highest BCUT2D eigenvalue weighted by Crippen LogP contribution is 2.21. The second-order valence-electron chi connectivity index (χ2n) is 5.69. The van der Waals surface area contributed by atoms with Crippen LogP contribution in [0.4, 0.5) is 17.1 Å². The number of nitro benzene ring substituents is 1. The molecule has 0 aliphatic heterocycles.